The maximum atomic E-state index is 11.9. The van der Waals surface area contributed by atoms with Crippen molar-refractivity contribution >= 4 is 24.1 Å². The van der Waals surface area contributed by atoms with Gasteiger partial charge in [-0.3, -0.25) is 9.59 Å². The second-order valence-electron chi connectivity index (χ2n) is 21.8. The zero-order valence-electron chi connectivity index (χ0n) is 50.9. The fourth-order valence-electron chi connectivity index (χ4n) is 11.4. The predicted octanol–water partition coefficient (Wildman–Crippen LogP) is 16.1. The van der Waals surface area contributed by atoms with Crippen molar-refractivity contribution in [2.75, 3.05) is 21.3 Å². The van der Waals surface area contributed by atoms with E-state index in [1.54, 1.807) is 18.2 Å². The number of aliphatic carboxylic acids is 1. The van der Waals surface area contributed by atoms with Gasteiger partial charge >= 0.3 is 11.9 Å². The lowest BCUT2D eigenvalue weighted by Gasteiger charge is -2.34. The molecule has 0 aromatic heterocycles. The van der Waals surface area contributed by atoms with Crippen LogP contribution in [0.15, 0.2) is 109 Å². The molecule has 6 aromatic carbocycles. The minimum atomic E-state index is -0.940. The summed E-state index contributed by atoms with van der Waals surface area (Å²) >= 11 is 0. The molecule has 434 valence electrons. The van der Waals surface area contributed by atoms with E-state index in [0.29, 0.717) is 53.7 Å². The second kappa shape index (κ2) is 28.0. The van der Waals surface area contributed by atoms with E-state index in [0.717, 1.165) is 64.6 Å². The molecule has 0 saturated carbocycles. The molecule has 0 atom stereocenters. The van der Waals surface area contributed by atoms with Gasteiger partial charge in [0.1, 0.15) is 0 Å². The van der Waals surface area contributed by atoms with Gasteiger partial charge in [-0.1, -0.05) is 152 Å². The lowest BCUT2D eigenvalue weighted by molar-refractivity contribution is -0.140. The molecule has 10 nitrogen and oxygen atoms in total. The van der Waals surface area contributed by atoms with Gasteiger partial charge in [-0.25, -0.2) is 0 Å². The lowest BCUT2D eigenvalue weighted by atomic mass is 9.69. The summed E-state index contributed by atoms with van der Waals surface area (Å²) in [5.41, 5.74) is 13.7. The van der Waals surface area contributed by atoms with Gasteiger partial charge in [0.2, 0.25) is 0 Å². The number of carbonyl (C=O) groups excluding carboxylic acids is 1. The molecule has 0 aliphatic heterocycles. The summed E-state index contributed by atoms with van der Waals surface area (Å²) in [6.45, 7) is 25.2. The molecule has 0 unspecified atom stereocenters. The number of carboxylic acids is 1. The van der Waals surface area contributed by atoms with Gasteiger partial charge in [0.05, 0.1) is 45.4 Å². The van der Waals surface area contributed by atoms with Crippen molar-refractivity contribution in [3.8, 4) is 45.3 Å². The zero-order chi connectivity index (χ0) is 60.0. The quantitative estimate of drug-likeness (QED) is 0.0369. The maximum absolute atomic E-state index is 11.9. The van der Waals surface area contributed by atoms with E-state index in [1.165, 1.54) is 49.1 Å². The van der Waals surface area contributed by atoms with Gasteiger partial charge in [-0.15, -0.1) is 0 Å². The smallest absolute Gasteiger partial charge is 0.309 e. The molecule has 0 spiro atoms. The van der Waals surface area contributed by atoms with Gasteiger partial charge < -0.3 is 39.7 Å². The zero-order valence-corrected chi connectivity index (χ0v) is 50.9. The highest BCUT2D eigenvalue weighted by atomic mass is 16.5. The molecule has 0 radical (unpaired) electrons. The number of aliphatic hydroxyl groups is 2. The molecule has 10 heteroatoms. The molecule has 5 N–H and O–H groups in total. The van der Waals surface area contributed by atoms with Crippen LogP contribution in [0, 0.1) is 27.7 Å². The monoisotopic (exact) mass is 1100 g/mol. The van der Waals surface area contributed by atoms with Crippen molar-refractivity contribution in [3.63, 3.8) is 0 Å². The Bertz CT molecular complexity index is 3200. The van der Waals surface area contributed by atoms with Crippen LogP contribution in [0.25, 0.3) is 34.4 Å². The van der Waals surface area contributed by atoms with Crippen molar-refractivity contribution in [1.82, 2.24) is 0 Å². The Hall–Kier alpha value is -7.14. The molecule has 0 aliphatic rings. The van der Waals surface area contributed by atoms with E-state index in [-0.39, 0.29) is 46.9 Å². The van der Waals surface area contributed by atoms with E-state index in [9.17, 15) is 35.1 Å². The molecular formula is C71H90O10. The molecule has 0 bridgehead atoms. The third kappa shape index (κ3) is 14.5. The number of phenols is 2. The van der Waals surface area contributed by atoms with Crippen molar-refractivity contribution in [2.45, 2.75) is 169 Å². The van der Waals surface area contributed by atoms with Crippen molar-refractivity contribution in [2.24, 2.45) is 0 Å². The molecule has 0 heterocycles. The summed E-state index contributed by atoms with van der Waals surface area (Å²) in [7, 11) is 4.33. The van der Waals surface area contributed by atoms with Crippen LogP contribution in [-0.4, -0.2) is 70.0 Å². The topological polar surface area (TPSA) is 163 Å². The largest absolute Gasteiger partial charge is 0.504 e. The van der Waals surface area contributed by atoms with E-state index in [2.05, 4.69) is 115 Å². The highest BCUT2D eigenvalue weighted by Crippen LogP contribution is 2.46. The number of esters is 1. The van der Waals surface area contributed by atoms with Crippen LogP contribution in [0.1, 0.15) is 174 Å². The van der Waals surface area contributed by atoms with Crippen LogP contribution in [0.4, 0.5) is 0 Å². The van der Waals surface area contributed by atoms with E-state index in [4.69, 9.17) is 14.2 Å². The van der Waals surface area contributed by atoms with E-state index in [1.807, 2.05) is 71.1 Å². The highest BCUT2D eigenvalue weighted by molar-refractivity contribution is 5.81. The van der Waals surface area contributed by atoms with Gasteiger partial charge in [0.25, 0.3) is 0 Å². The molecule has 0 saturated heterocycles. The number of aromatic hydroxyl groups is 2. The first-order valence-corrected chi connectivity index (χ1v) is 28.8. The summed E-state index contributed by atoms with van der Waals surface area (Å²) in [6.07, 6.45) is 14.2. The number of phenolic OH excluding ortho intramolecular Hbond substituents is 2. The number of carbonyl (C=O) groups is 2. The fourth-order valence-corrected chi connectivity index (χ4v) is 11.4. The number of hydrogen-bond acceptors (Lipinski definition) is 9. The average molecular weight is 1100 g/mol. The van der Waals surface area contributed by atoms with Gasteiger partial charge in [0.15, 0.2) is 23.0 Å². The van der Waals surface area contributed by atoms with Crippen LogP contribution < -0.4 is 9.47 Å². The first-order valence-electron chi connectivity index (χ1n) is 28.8. The Morgan fingerprint density at radius 3 is 1.06 bits per heavy atom. The molecule has 0 amide bonds. The lowest BCUT2D eigenvalue weighted by Crippen LogP contribution is -2.26. The van der Waals surface area contributed by atoms with E-state index >= 15 is 0 Å². The molecule has 0 fully saturated rings. The predicted molar refractivity (Wildman–Crippen MR) is 331 cm³/mol. The van der Waals surface area contributed by atoms with Crippen LogP contribution in [0.5, 0.6) is 23.0 Å². The number of rotatable bonds is 24. The first kappa shape index (κ1) is 64.7. The third-order valence-electron chi connectivity index (χ3n) is 17.4. The van der Waals surface area contributed by atoms with Crippen LogP contribution in [-0.2, 0) is 38.0 Å². The maximum Gasteiger partial charge on any atom is 0.309 e. The number of aryl methyl sites for hydroxylation is 4. The number of methoxy groups -OCH3 is 3. The Labute approximate surface area is 483 Å². The summed E-state index contributed by atoms with van der Waals surface area (Å²) in [4.78, 5) is 23.3. The first-order chi connectivity index (χ1) is 38.5. The highest BCUT2D eigenvalue weighted by Gasteiger charge is 2.34. The van der Waals surface area contributed by atoms with Crippen molar-refractivity contribution in [3.05, 3.63) is 176 Å². The van der Waals surface area contributed by atoms with Crippen LogP contribution in [0.2, 0.25) is 0 Å². The van der Waals surface area contributed by atoms with Crippen molar-refractivity contribution < 1.29 is 49.3 Å². The Balaban J connectivity index is 0.000000297. The van der Waals surface area contributed by atoms with E-state index < -0.39 is 17.2 Å². The summed E-state index contributed by atoms with van der Waals surface area (Å²) in [5.74, 6) is -0.662. The number of ether oxygens (including phenoxy) is 3. The number of carboxylic acid groups (broad SMARTS) is 1. The summed E-state index contributed by atoms with van der Waals surface area (Å²) < 4.78 is 15.6. The molecule has 6 rings (SSSR count). The normalized spacial score (nSPS) is 12.2. The number of hydrogen-bond donors (Lipinski definition) is 5. The SMILES string of the molecule is CCC(O)(/C=C/c1ccc(C(CC)(CC)c2ccc(-c3cc(CC(=O)O)cc(OC)c3O)c(C)c2)cc1C)CC.CCC(O)(/C=C/c1ccc(C(CC)(CC)c2ccc(-c3cc(CC(=O)OC)cc(OC)c3O)c(C)c2)cc1C)CC. The van der Waals surface area contributed by atoms with Gasteiger partial charge in [-0.05, 0) is 181 Å². The summed E-state index contributed by atoms with van der Waals surface area (Å²) in [6, 6.07) is 32.8. The summed E-state index contributed by atoms with van der Waals surface area (Å²) in [5, 5.41) is 52.6. The van der Waals surface area contributed by atoms with Gasteiger partial charge in [-0.2, -0.15) is 0 Å². The Morgan fingerprint density at radius 2 is 0.778 bits per heavy atom. The Kier molecular flexibility index (Phi) is 22.4. The van der Waals surface area contributed by atoms with Crippen molar-refractivity contribution in [1.29, 1.82) is 0 Å². The van der Waals surface area contributed by atoms with Crippen LogP contribution in [0.3, 0.4) is 0 Å². The van der Waals surface area contributed by atoms with Gasteiger partial charge in [0, 0.05) is 22.0 Å². The Morgan fingerprint density at radius 1 is 0.444 bits per heavy atom. The number of benzene rings is 6. The minimum Gasteiger partial charge on any atom is -0.504 e. The average Bonchev–Trinajstić information content (AvgIpc) is 3.56. The molecule has 6 aromatic rings. The third-order valence-corrected chi connectivity index (χ3v) is 17.4. The molecule has 0 aliphatic carbocycles. The fraction of sp³-hybridized carbons (Fsp3) is 0.408. The molecular weight excluding hydrogens is 1010 g/mol. The minimum absolute atomic E-state index is 0.00190. The standard InChI is InChI=1S/C36H46O5.C35H44O5/c1-9-35(39,10-2)18-17-27-13-14-28(19-24(27)5)36(11-3,12-4)29-15-16-30(25(6)20-29)31-21-26(23-33(37)41-8)22-32(40-7)34(31)38;1-8-34(39,9-2)17-16-26-12-13-27(18-23(26)5)35(10-3,11-4)28-14-15-29(24(6)19-28)30-20-25(22-32(36)37)21-31(40-7)33(30)38/h13-22,38-39H,9-12,23H2,1-8H3;12-21,38-39H,8-11,22H2,1-7H3,(H,36,37)/b18-17+;17-16+. The molecule has 81 heavy (non-hydrogen) atoms. The second-order valence-corrected chi connectivity index (χ2v) is 21.8. The van der Waals surface area contributed by atoms with Crippen LogP contribution >= 0.6 is 0 Å².